The van der Waals surface area contributed by atoms with Gasteiger partial charge >= 0.3 is 0 Å². The van der Waals surface area contributed by atoms with Gasteiger partial charge in [-0.05, 0) is 6.92 Å². The van der Waals surface area contributed by atoms with Crippen LogP contribution >= 0.6 is 0 Å². The third kappa shape index (κ3) is 4.47. The molecule has 0 spiro atoms. The molecule has 0 N–H and O–H groups in total. The fraction of sp³-hybridized carbons (Fsp3) is 0.857. The Morgan fingerprint density at radius 2 is 2.30 bits per heavy atom. The van der Waals surface area contributed by atoms with Gasteiger partial charge in [-0.1, -0.05) is 0 Å². The maximum absolute atomic E-state index is 10.1. The van der Waals surface area contributed by atoms with E-state index in [9.17, 15) is 4.79 Å². The van der Waals surface area contributed by atoms with Gasteiger partial charge in [-0.25, -0.2) is 0 Å². The summed E-state index contributed by atoms with van der Waals surface area (Å²) in [6, 6.07) is 0. The molecule has 0 rings (SSSR count). The Labute approximate surface area is 61.3 Å². The van der Waals surface area contributed by atoms with Crippen molar-refractivity contribution in [1.82, 2.24) is 0 Å². The van der Waals surface area contributed by atoms with Crippen LogP contribution in [0.4, 0.5) is 0 Å². The van der Waals surface area contributed by atoms with Crippen molar-refractivity contribution in [3.8, 4) is 0 Å². The first kappa shape index (κ1) is 9.59. The molecule has 0 heterocycles. The highest BCUT2D eigenvalue weighted by molar-refractivity contribution is 5.55. The summed E-state index contributed by atoms with van der Waals surface area (Å²) in [4.78, 5) is 10.1. The molecular formula is C7H14O3. The zero-order valence-electron chi connectivity index (χ0n) is 6.50. The first-order valence-electron chi connectivity index (χ1n) is 3.41. The van der Waals surface area contributed by atoms with Crippen LogP contribution < -0.4 is 0 Å². The fourth-order valence-electron chi connectivity index (χ4n) is 0.585. The van der Waals surface area contributed by atoms with Gasteiger partial charge in [0.05, 0.1) is 0 Å². The van der Waals surface area contributed by atoms with Gasteiger partial charge in [0.25, 0.3) is 0 Å². The van der Waals surface area contributed by atoms with E-state index in [4.69, 9.17) is 9.47 Å². The molecule has 0 aliphatic rings. The minimum atomic E-state index is -0.299. The molecule has 10 heavy (non-hydrogen) atoms. The van der Waals surface area contributed by atoms with E-state index in [1.54, 1.807) is 0 Å². The second-order valence-electron chi connectivity index (χ2n) is 1.90. The molecule has 0 saturated heterocycles. The minimum absolute atomic E-state index is 0.299. The van der Waals surface area contributed by atoms with Crippen molar-refractivity contribution >= 4 is 6.29 Å². The number of methoxy groups -OCH3 is 1. The van der Waals surface area contributed by atoms with Gasteiger partial charge in [-0.2, -0.15) is 0 Å². The molecule has 3 heteroatoms. The van der Waals surface area contributed by atoms with Crippen molar-refractivity contribution in [2.45, 2.75) is 19.4 Å². The monoisotopic (exact) mass is 146 g/mol. The Morgan fingerprint density at radius 3 is 2.70 bits per heavy atom. The summed E-state index contributed by atoms with van der Waals surface area (Å²) in [6.45, 7) is 3.20. The lowest BCUT2D eigenvalue weighted by atomic mass is 10.3. The highest BCUT2D eigenvalue weighted by Gasteiger charge is 2.02. The number of hydrogen-bond donors (Lipinski definition) is 0. The van der Waals surface area contributed by atoms with E-state index in [1.807, 2.05) is 6.92 Å². The van der Waals surface area contributed by atoms with Crippen molar-refractivity contribution in [3.05, 3.63) is 0 Å². The quantitative estimate of drug-likeness (QED) is 0.407. The van der Waals surface area contributed by atoms with Gasteiger partial charge < -0.3 is 14.3 Å². The van der Waals surface area contributed by atoms with Crippen LogP contribution in [-0.4, -0.2) is 32.7 Å². The fourth-order valence-corrected chi connectivity index (χ4v) is 0.585. The second kappa shape index (κ2) is 6.71. The Bertz CT molecular complexity index is 82.9. The van der Waals surface area contributed by atoms with E-state index >= 15 is 0 Å². The van der Waals surface area contributed by atoms with E-state index < -0.39 is 0 Å². The summed E-state index contributed by atoms with van der Waals surface area (Å²) in [5.74, 6) is 0. The first-order valence-corrected chi connectivity index (χ1v) is 3.41. The van der Waals surface area contributed by atoms with Gasteiger partial charge in [-0.3, -0.25) is 0 Å². The zero-order valence-corrected chi connectivity index (χ0v) is 6.50. The largest absolute Gasteiger partial charge is 0.382 e. The number of carbonyl (C=O) groups is 1. The summed E-state index contributed by atoms with van der Waals surface area (Å²) < 4.78 is 9.83. The third-order valence-corrected chi connectivity index (χ3v) is 1.21. The summed E-state index contributed by atoms with van der Waals surface area (Å²) in [6.07, 6.45) is 1.14. The van der Waals surface area contributed by atoms with Crippen LogP contribution in [0.5, 0.6) is 0 Å². The Hall–Kier alpha value is -0.410. The molecule has 0 radical (unpaired) electrons. The second-order valence-corrected chi connectivity index (χ2v) is 1.90. The maximum Gasteiger partial charge on any atom is 0.148 e. The Morgan fingerprint density at radius 1 is 1.60 bits per heavy atom. The average Bonchev–Trinajstić information content (AvgIpc) is 1.99. The zero-order chi connectivity index (χ0) is 7.82. The number of aldehydes is 1. The molecule has 3 nitrogen and oxygen atoms in total. The Balaban J connectivity index is 3.17. The van der Waals surface area contributed by atoms with Crippen LogP contribution in [-0.2, 0) is 14.3 Å². The van der Waals surface area contributed by atoms with Crippen molar-refractivity contribution in [2.75, 3.05) is 20.3 Å². The van der Waals surface area contributed by atoms with Crippen LogP contribution in [0.15, 0.2) is 0 Å². The minimum Gasteiger partial charge on any atom is -0.382 e. The molecule has 0 saturated carbocycles. The number of rotatable bonds is 6. The summed E-state index contributed by atoms with van der Waals surface area (Å²) in [5, 5.41) is 0. The lowest BCUT2D eigenvalue weighted by Crippen LogP contribution is -2.14. The lowest BCUT2D eigenvalue weighted by molar-refractivity contribution is -0.117. The molecule has 0 amide bonds. The van der Waals surface area contributed by atoms with Crippen LogP contribution in [0.1, 0.15) is 13.3 Å². The van der Waals surface area contributed by atoms with E-state index in [2.05, 4.69) is 0 Å². The number of hydrogen-bond acceptors (Lipinski definition) is 3. The van der Waals surface area contributed by atoms with Crippen LogP contribution in [0.25, 0.3) is 0 Å². The maximum atomic E-state index is 10.1. The molecule has 1 unspecified atom stereocenters. The van der Waals surface area contributed by atoms with Crippen molar-refractivity contribution in [1.29, 1.82) is 0 Å². The molecule has 60 valence electrons. The van der Waals surface area contributed by atoms with Crippen molar-refractivity contribution < 1.29 is 14.3 Å². The van der Waals surface area contributed by atoms with Crippen LogP contribution in [0.3, 0.4) is 0 Å². The van der Waals surface area contributed by atoms with Crippen LogP contribution in [0.2, 0.25) is 0 Å². The molecule has 0 fully saturated rings. The first-order chi connectivity index (χ1) is 4.85. The van der Waals surface area contributed by atoms with Gasteiger partial charge in [0.2, 0.25) is 0 Å². The third-order valence-electron chi connectivity index (χ3n) is 1.21. The highest BCUT2D eigenvalue weighted by Crippen LogP contribution is 1.92. The average molecular weight is 146 g/mol. The van der Waals surface area contributed by atoms with Gasteiger partial charge in [0.15, 0.2) is 0 Å². The van der Waals surface area contributed by atoms with Gasteiger partial charge in [0, 0.05) is 26.7 Å². The normalized spacial score (nSPS) is 13.0. The number of carbonyl (C=O) groups excluding carboxylic acids is 1. The Kier molecular flexibility index (Phi) is 6.43. The van der Waals surface area contributed by atoms with E-state index in [0.717, 1.165) is 6.29 Å². The molecule has 1 atom stereocenters. The molecule has 0 aromatic carbocycles. The molecular weight excluding hydrogens is 132 g/mol. The smallest absolute Gasteiger partial charge is 0.148 e. The summed E-state index contributed by atoms with van der Waals surface area (Å²) in [5.41, 5.74) is 0. The topological polar surface area (TPSA) is 35.5 Å². The van der Waals surface area contributed by atoms with E-state index in [1.165, 1.54) is 7.11 Å². The van der Waals surface area contributed by atoms with Crippen LogP contribution in [0, 0.1) is 0 Å². The molecule has 0 aliphatic carbocycles. The predicted octanol–water partition coefficient (Wildman–Crippen LogP) is 0.627. The highest BCUT2D eigenvalue weighted by atomic mass is 16.5. The SMILES string of the molecule is CCOCCC(C=O)OC. The van der Waals surface area contributed by atoms with Crippen molar-refractivity contribution in [3.63, 3.8) is 0 Å². The lowest BCUT2D eigenvalue weighted by Gasteiger charge is -2.06. The summed E-state index contributed by atoms with van der Waals surface area (Å²) in [7, 11) is 1.52. The molecule has 0 aromatic heterocycles. The van der Waals surface area contributed by atoms with E-state index in [0.29, 0.717) is 19.6 Å². The molecule has 0 aromatic rings. The number of ether oxygens (including phenoxy) is 2. The predicted molar refractivity (Wildman–Crippen MR) is 38.0 cm³/mol. The van der Waals surface area contributed by atoms with Gasteiger partial charge in [0.1, 0.15) is 12.4 Å². The molecule has 0 aliphatic heterocycles. The molecule has 0 bridgehead atoms. The standard InChI is InChI=1S/C7H14O3/c1-3-10-5-4-7(6-8)9-2/h6-7H,3-5H2,1-2H3. The summed E-state index contributed by atoms with van der Waals surface area (Å²) >= 11 is 0. The van der Waals surface area contributed by atoms with Gasteiger partial charge in [-0.15, -0.1) is 0 Å². The van der Waals surface area contributed by atoms with E-state index in [-0.39, 0.29) is 6.10 Å². The van der Waals surface area contributed by atoms with Crippen molar-refractivity contribution in [2.24, 2.45) is 0 Å².